The second-order valence-electron chi connectivity index (χ2n) is 9.51. The fraction of sp³-hybridized carbons (Fsp3) is 0.577. The average molecular weight is 600 g/mol. The molecule has 7 N–H and O–H groups in total. The summed E-state index contributed by atoms with van der Waals surface area (Å²) in [5.74, 6) is -3.25. The predicted molar refractivity (Wildman–Crippen MR) is 154 cm³/mol. The van der Waals surface area contributed by atoms with Gasteiger partial charge in [-0.15, -0.1) is 12.4 Å². The molecular weight excluding hydrogens is 558 g/mol. The molecular formula is C26H42ClN7O7. The van der Waals surface area contributed by atoms with Crippen LogP contribution in [0.3, 0.4) is 0 Å². The number of rotatable bonds is 16. The Morgan fingerprint density at radius 3 is 2.15 bits per heavy atom. The van der Waals surface area contributed by atoms with Crippen molar-refractivity contribution in [1.82, 2.24) is 26.2 Å². The van der Waals surface area contributed by atoms with Gasteiger partial charge < -0.3 is 41.8 Å². The third-order valence-corrected chi connectivity index (χ3v) is 6.06. The van der Waals surface area contributed by atoms with E-state index >= 15 is 0 Å². The van der Waals surface area contributed by atoms with Gasteiger partial charge in [0.25, 0.3) is 0 Å². The number of nitrogens with two attached hydrogens (primary N) is 1. The van der Waals surface area contributed by atoms with Crippen LogP contribution in [0.15, 0.2) is 24.3 Å². The van der Waals surface area contributed by atoms with Crippen LogP contribution in [0.4, 0.5) is 5.69 Å². The molecule has 0 aromatic heterocycles. The van der Waals surface area contributed by atoms with E-state index in [0.717, 1.165) is 38.3 Å². The van der Waals surface area contributed by atoms with Crippen LogP contribution in [0.25, 0.3) is 0 Å². The molecule has 5 amide bonds. The summed E-state index contributed by atoms with van der Waals surface area (Å²) in [5.41, 5.74) is 6.89. The molecule has 0 aliphatic carbocycles. The first-order valence-electron chi connectivity index (χ1n) is 13.2. The molecule has 1 heterocycles. The highest BCUT2D eigenvalue weighted by molar-refractivity contribution is 6.00. The third-order valence-electron chi connectivity index (χ3n) is 6.06. The molecule has 0 spiro atoms. The van der Waals surface area contributed by atoms with Gasteiger partial charge in [-0.05, 0) is 31.5 Å². The number of nitrogens with zero attached hydrogens (tertiary/aromatic N) is 1. The van der Waals surface area contributed by atoms with Crippen molar-refractivity contribution in [3.63, 3.8) is 0 Å². The van der Waals surface area contributed by atoms with Crippen LogP contribution in [0.5, 0.6) is 0 Å². The van der Waals surface area contributed by atoms with E-state index in [0.29, 0.717) is 12.3 Å². The van der Waals surface area contributed by atoms with E-state index in [1.807, 2.05) is 12.1 Å². The van der Waals surface area contributed by atoms with Gasteiger partial charge in [-0.2, -0.15) is 0 Å². The fourth-order valence-corrected chi connectivity index (χ4v) is 3.82. The Bertz CT molecular complexity index is 1010. The van der Waals surface area contributed by atoms with E-state index in [9.17, 15) is 24.0 Å². The number of hydrogen-bond acceptors (Lipinski definition) is 9. The van der Waals surface area contributed by atoms with Crippen LogP contribution in [0.1, 0.15) is 25.8 Å². The first kappa shape index (κ1) is 35.7. The van der Waals surface area contributed by atoms with Gasteiger partial charge in [-0.3, -0.25) is 28.9 Å². The monoisotopic (exact) mass is 599 g/mol. The molecule has 1 saturated heterocycles. The minimum Gasteiger partial charge on any atom is -0.382 e. The van der Waals surface area contributed by atoms with Crippen molar-refractivity contribution in [2.45, 2.75) is 44.9 Å². The maximum Gasteiger partial charge on any atom is 0.247 e. The number of primary amides is 1. The lowest BCUT2D eigenvalue weighted by molar-refractivity contribution is -0.134. The second kappa shape index (κ2) is 18.9. The number of benzene rings is 1. The van der Waals surface area contributed by atoms with Crippen LogP contribution in [0, 0.1) is 0 Å². The number of hydrogen-bond donors (Lipinski definition) is 6. The number of carbonyl (C=O) groups is 5. The van der Waals surface area contributed by atoms with Gasteiger partial charge >= 0.3 is 0 Å². The molecule has 1 aliphatic rings. The number of anilines is 1. The molecule has 0 bridgehead atoms. The molecule has 1 aliphatic heterocycles. The van der Waals surface area contributed by atoms with E-state index in [1.165, 1.54) is 21.0 Å². The highest BCUT2D eigenvalue weighted by atomic mass is 35.5. The highest BCUT2D eigenvalue weighted by Crippen LogP contribution is 2.13. The maximum absolute atomic E-state index is 12.9. The fourth-order valence-electron chi connectivity index (χ4n) is 3.82. The Kier molecular flexibility index (Phi) is 16.5. The van der Waals surface area contributed by atoms with Gasteiger partial charge in [0, 0.05) is 45.5 Å². The molecule has 230 valence electrons. The third kappa shape index (κ3) is 13.7. The number of amides is 5. The van der Waals surface area contributed by atoms with Gasteiger partial charge in [0.1, 0.15) is 24.7 Å². The van der Waals surface area contributed by atoms with Crippen molar-refractivity contribution >= 4 is 47.6 Å². The molecule has 3 atom stereocenters. The van der Waals surface area contributed by atoms with E-state index in [4.69, 9.17) is 15.2 Å². The molecule has 0 saturated carbocycles. The van der Waals surface area contributed by atoms with Gasteiger partial charge in [0.15, 0.2) is 0 Å². The van der Waals surface area contributed by atoms with Crippen molar-refractivity contribution in [3.8, 4) is 0 Å². The summed E-state index contributed by atoms with van der Waals surface area (Å²) >= 11 is 0. The summed E-state index contributed by atoms with van der Waals surface area (Å²) in [6, 6.07) is 4.03. The summed E-state index contributed by atoms with van der Waals surface area (Å²) in [4.78, 5) is 63.9. The standard InChI is InChI=1S/C26H41N7O7.ClH/c1-17(29-23(35)16-40-13-12-39-3)24(36)30-18(2)25(37)32-21(14-22(27)34)26(38)31-20-6-4-19(5-7-20)15-33-10-8-28-9-11-33;/h4-7,17-18,21,28H,8-16H2,1-3H3,(H2,27,34)(H,29,35)(H,30,36)(H,31,38)(H,32,37);1H/t17-,18-,21-;/m0./s1. The number of piperazine rings is 1. The molecule has 15 heteroatoms. The molecule has 0 radical (unpaired) electrons. The smallest absolute Gasteiger partial charge is 0.247 e. The van der Waals surface area contributed by atoms with Crippen LogP contribution in [-0.4, -0.2) is 106 Å². The largest absolute Gasteiger partial charge is 0.382 e. The van der Waals surface area contributed by atoms with Crippen LogP contribution in [0.2, 0.25) is 0 Å². The Morgan fingerprint density at radius 2 is 1.54 bits per heavy atom. The van der Waals surface area contributed by atoms with Crippen molar-refractivity contribution in [2.75, 3.05) is 58.4 Å². The normalized spacial score (nSPS) is 15.4. The lowest BCUT2D eigenvalue weighted by Gasteiger charge is -2.27. The Morgan fingerprint density at radius 1 is 0.927 bits per heavy atom. The Labute approximate surface area is 246 Å². The molecule has 1 aromatic carbocycles. The minimum absolute atomic E-state index is 0. The highest BCUT2D eigenvalue weighted by Gasteiger charge is 2.27. The summed E-state index contributed by atoms with van der Waals surface area (Å²) in [5, 5.41) is 13.4. The quantitative estimate of drug-likeness (QED) is 0.122. The second-order valence-corrected chi connectivity index (χ2v) is 9.51. The summed E-state index contributed by atoms with van der Waals surface area (Å²) < 4.78 is 9.92. The number of ether oxygens (including phenoxy) is 2. The minimum atomic E-state index is -1.26. The van der Waals surface area contributed by atoms with Crippen molar-refractivity contribution < 1.29 is 33.4 Å². The molecule has 1 aromatic rings. The predicted octanol–water partition coefficient (Wildman–Crippen LogP) is -1.52. The molecule has 14 nitrogen and oxygen atoms in total. The van der Waals surface area contributed by atoms with Gasteiger partial charge in [-0.25, -0.2) is 0 Å². The Hall–Kier alpha value is -3.30. The van der Waals surface area contributed by atoms with E-state index in [1.54, 1.807) is 12.1 Å². The van der Waals surface area contributed by atoms with E-state index in [2.05, 4.69) is 31.5 Å². The van der Waals surface area contributed by atoms with Crippen LogP contribution >= 0.6 is 12.4 Å². The molecule has 41 heavy (non-hydrogen) atoms. The zero-order valence-electron chi connectivity index (χ0n) is 23.7. The SMILES string of the molecule is COCCOCC(=O)N[C@@H](C)C(=O)N[C@@H](C)C(=O)N[C@@H](CC(N)=O)C(=O)Nc1ccc(CN2CCNCC2)cc1.Cl. The number of methoxy groups -OCH3 is 1. The number of halogens is 1. The molecule has 0 unspecified atom stereocenters. The zero-order chi connectivity index (χ0) is 29.5. The summed E-state index contributed by atoms with van der Waals surface area (Å²) in [6.45, 7) is 7.78. The lowest BCUT2D eigenvalue weighted by Crippen LogP contribution is -2.55. The Balaban J connectivity index is 0.00000840. The topological polar surface area (TPSA) is 193 Å². The van der Waals surface area contributed by atoms with Crippen LogP contribution in [-0.2, 0) is 40.0 Å². The number of carbonyl (C=O) groups excluding carboxylic acids is 5. The average Bonchev–Trinajstić information content (AvgIpc) is 2.92. The summed E-state index contributed by atoms with van der Waals surface area (Å²) in [7, 11) is 1.50. The molecule has 2 rings (SSSR count). The zero-order valence-corrected chi connectivity index (χ0v) is 24.5. The van der Waals surface area contributed by atoms with Crippen LogP contribution < -0.4 is 32.3 Å². The van der Waals surface area contributed by atoms with E-state index in [-0.39, 0.29) is 25.6 Å². The summed E-state index contributed by atoms with van der Waals surface area (Å²) in [6.07, 6.45) is -0.436. The van der Waals surface area contributed by atoms with E-state index < -0.39 is 54.1 Å². The first-order chi connectivity index (χ1) is 19.1. The first-order valence-corrected chi connectivity index (χ1v) is 13.2. The van der Waals surface area contributed by atoms with Gasteiger partial charge in [-0.1, -0.05) is 12.1 Å². The number of nitrogens with one attached hydrogen (secondary N) is 5. The van der Waals surface area contributed by atoms with Gasteiger partial charge in [0.2, 0.25) is 29.5 Å². The molecule has 1 fully saturated rings. The van der Waals surface area contributed by atoms with Crippen molar-refractivity contribution in [3.05, 3.63) is 29.8 Å². The van der Waals surface area contributed by atoms with Crippen molar-refractivity contribution in [1.29, 1.82) is 0 Å². The lowest BCUT2D eigenvalue weighted by atomic mass is 10.1. The van der Waals surface area contributed by atoms with Gasteiger partial charge in [0.05, 0.1) is 19.6 Å². The maximum atomic E-state index is 12.9. The van der Waals surface area contributed by atoms with Crippen molar-refractivity contribution in [2.24, 2.45) is 5.73 Å².